The molecular formula is C18H23F3N2O5. The Kier molecular flexibility index (Phi) is 7.36. The number of nitrogens with zero attached hydrogens (tertiary/aromatic N) is 1. The van der Waals surface area contributed by atoms with E-state index in [1.54, 1.807) is 18.2 Å². The van der Waals surface area contributed by atoms with Crippen LogP contribution in [0.25, 0.3) is 0 Å². The third-order valence-corrected chi connectivity index (χ3v) is 4.40. The summed E-state index contributed by atoms with van der Waals surface area (Å²) in [6.45, 7) is -0.971. The molecule has 1 fully saturated rings. The molecule has 1 N–H and O–H groups in total. The molecule has 0 radical (unpaired) electrons. The van der Waals surface area contributed by atoms with Crippen LogP contribution in [0.15, 0.2) is 18.2 Å². The average molecular weight is 404 g/mol. The highest BCUT2D eigenvalue weighted by Gasteiger charge is 2.32. The van der Waals surface area contributed by atoms with Crippen molar-refractivity contribution < 1.29 is 37.0 Å². The van der Waals surface area contributed by atoms with Gasteiger partial charge in [0.2, 0.25) is 5.91 Å². The van der Waals surface area contributed by atoms with Crippen molar-refractivity contribution in [1.82, 2.24) is 10.2 Å². The lowest BCUT2D eigenvalue weighted by molar-refractivity contribution is -0.162. The van der Waals surface area contributed by atoms with E-state index in [4.69, 9.17) is 9.47 Å². The van der Waals surface area contributed by atoms with Crippen molar-refractivity contribution in [2.45, 2.75) is 25.6 Å². The quantitative estimate of drug-likeness (QED) is 0.789. The molecule has 156 valence electrons. The maximum Gasteiger partial charge on any atom is 0.422 e. The normalized spacial score (nSPS) is 15.1. The van der Waals surface area contributed by atoms with Gasteiger partial charge >= 0.3 is 12.3 Å². The molecule has 1 aliphatic rings. The molecule has 1 aliphatic heterocycles. The highest BCUT2D eigenvalue weighted by atomic mass is 19.4. The topological polar surface area (TPSA) is 77.1 Å². The van der Waals surface area contributed by atoms with Crippen LogP contribution in [0.5, 0.6) is 11.5 Å². The molecule has 0 saturated carbocycles. The van der Waals surface area contributed by atoms with Gasteiger partial charge in [0.25, 0.3) is 0 Å². The van der Waals surface area contributed by atoms with Crippen LogP contribution in [0.2, 0.25) is 0 Å². The van der Waals surface area contributed by atoms with Gasteiger partial charge in [0.1, 0.15) is 0 Å². The minimum Gasteiger partial charge on any atom is -0.493 e. The van der Waals surface area contributed by atoms with Crippen LogP contribution in [0.1, 0.15) is 18.4 Å². The number of alkyl halides is 3. The van der Waals surface area contributed by atoms with E-state index in [2.05, 4.69) is 10.1 Å². The number of ether oxygens (including phenoxy) is 3. The number of methoxy groups -OCH3 is 2. The second-order valence-electron chi connectivity index (χ2n) is 6.34. The van der Waals surface area contributed by atoms with Crippen LogP contribution in [-0.4, -0.2) is 57.0 Å². The van der Waals surface area contributed by atoms with Crippen molar-refractivity contribution in [3.8, 4) is 11.5 Å². The summed E-state index contributed by atoms with van der Waals surface area (Å²) in [5, 5.41) is 2.83. The summed E-state index contributed by atoms with van der Waals surface area (Å²) in [4.78, 5) is 25.1. The summed E-state index contributed by atoms with van der Waals surface area (Å²) in [7, 11) is 3.05. The molecule has 0 aromatic heterocycles. The Morgan fingerprint density at radius 1 is 1.14 bits per heavy atom. The third kappa shape index (κ3) is 6.21. The Hall–Kier alpha value is -2.65. The number of piperidine rings is 1. The molecule has 2 amide bonds. The number of hydrogen-bond acceptors (Lipinski definition) is 5. The molecule has 28 heavy (non-hydrogen) atoms. The summed E-state index contributed by atoms with van der Waals surface area (Å²) in [5.41, 5.74) is 0.833. The van der Waals surface area contributed by atoms with Crippen molar-refractivity contribution in [2.75, 3.05) is 33.9 Å². The van der Waals surface area contributed by atoms with E-state index in [1.807, 2.05) is 0 Å². The van der Waals surface area contributed by atoms with Gasteiger partial charge in [-0.05, 0) is 30.5 Å². The molecule has 1 heterocycles. The van der Waals surface area contributed by atoms with Gasteiger partial charge in [-0.3, -0.25) is 4.79 Å². The van der Waals surface area contributed by atoms with E-state index in [9.17, 15) is 22.8 Å². The first-order valence-corrected chi connectivity index (χ1v) is 8.70. The lowest BCUT2D eigenvalue weighted by Gasteiger charge is -2.30. The standard InChI is InChI=1S/C18H23F3N2O5/c1-26-14-4-3-12(9-15(14)27-2)10-22-16(24)13-5-7-23(8-6-13)17(25)28-11-18(19,20)21/h3-4,9,13H,5-8,10-11H2,1-2H3,(H,22,24). The summed E-state index contributed by atoms with van der Waals surface area (Å²) < 4.78 is 50.9. The molecule has 1 aromatic carbocycles. The monoisotopic (exact) mass is 404 g/mol. The second kappa shape index (κ2) is 9.52. The molecule has 7 nitrogen and oxygen atoms in total. The van der Waals surface area contributed by atoms with E-state index in [1.165, 1.54) is 19.1 Å². The molecule has 0 bridgehead atoms. The lowest BCUT2D eigenvalue weighted by Crippen LogP contribution is -2.43. The Morgan fingerprint density at radius 2 is 1.79 bits per heavy atom. The fourth-order valence-corrected chi connectivity index (χ4v) is 2.88. The summed E-state index contributed by atoms with van der Waals surface area (Å²) in [6, 6.07) is 5.31. The van der Waals surface area contributed by atoms with Crippen molar-refractivity contribution in [3.05, 3.63) is 23.8 Å². The largest absolute Gasteiger partial charge is 0.493 e. The lowest BCUT2D eigenvalue weighted by atomic mass is 9.96. The Bertz CT molecular complexity index is 688. The van der Waals surface area contributed by atoms with Crippen molar-refractivity contribution in [3.63, 3.8) is 0 Å². The first-order valence-electron chi connectivity index (χ1n) is 8.70. The number of nitrogens with one attached hydrogen (secondary N) is 1. The fraction of sp³-hybridized carbons (Fsp3) is 0.556. The van der Waals surface area contributed by atoms with Crippen molar-refractivity contribution >= 4 is 12.0 Å². The van der Waals surface area contributed by atoms with Gasteiger partial charge in [-0.2, -0.15) is 13.2 Å². The number of likely N-dealkylation sites (tertiary alicyclic amines) is 1. The highest BCUT2D eigenvalue weighted by Crippen LogP contribution is 2.27. The van der Waals surface area contributed by atoms with Crippen LogP contribution >= 0.6 is 0 Å². The van der Waals surface area contributed by atoms with Crippen LogP contribution in [-0.2, 0) is 16.1 Å². The van der Waals surface area contributed by atoms with E-state index in [0.717, 1.165) is 5.56 Å². The van der Waals surface area contributed by atoms with Gasteiger partial charge in [-0.25, -0.2) is 4.79 Å². The van der Waals surface area contributed by atoms with Crippen LogP contribution < -0.4 is 14.8 Å². The number of benzene rings is 1. The van der Waals surface area contributed by atoms with E-state index >= 15 is 0 Å². The predicted octanol–water partition coefficient (Wildman–Crippen LogP) is 2.73. The molecule has 0 atom stereocenters. The van der Waals surface area contributed by atoms with Gasteiger partial charge in [-0.1, -0.05) is 6.07 Å². The maximum absolute atomic E-state index is 12.3. The van der Waals surface area contributed by atoms with Crippen LogP contribution in [0.3, 0.4) is 0 Å². The van der Waals surface area contributed by atoms with Crippen LogP contribution in [0.4, 0.5) is 18.0 Å². The number of hydrogen-bond donors (Lipinski definition) is 1. The molecule has 0 spiro atoms. The van der Waals surface area contributed by atoms with Gasteiger partial charge in [0, 0.05) is 25.6 Å². The predicted molar refractivity (Wildman–Crippen MR) is 93.1 cm³/mol. The van der Waals surface area contributed by atoms with Gasteiger partial charge in [0.05, 0.1) is 14.2 Å². The third-order valence-electron chi connectivity index (χ3n) is 4.40. The smallest absolute Gasteiger partial charge is 0.422 e. The minimum absolute atomic E-state index is 0.168. The molecule has 0 aliphatic carbocycles. The van der Waals surface area contributed by atoms with E-state index in [0.29, 0.717) is 30.9 Å². The molecule has 1 aromatic rings. The molecule has 2 rings (SSSR count). The number of carbonyl (C=O) groups is 2. The van der Waals surface area contributed by atoms with Gasteiger partial charge < -0.3 is 24.4 Å². The van der Waals surface area contributed by atoms with Gasteiger partial charge in [0.15, 0.2) is 18.1 Å². The molecule has 1 saturated heterocycles. The number of amides is 2. The van der Waals surface area contributed by atoms with E-state index < -0.39 is 18.9 Å². The minimum atomic E-state index is -4.56. The number of carbonyl (C=O) groups excluding carboxylic acids is 2. The van der Waals surface area contributed by atoms with E-state index in [-0.39, 0.29) is 24.9 Å². The van der Waals surface area contributed by atoms with Crippen molar-refractivity contribution in [1.29, 1.82) is 0 Å². The Balaban J connectivity index is 1.78. The Morgan fingerprint density at radius 3 is 2.36 bits per heavy atom. The number of rotatable bonds is 6. The highest BCUT2D eigenvalue weighted by molar-refractivity contribution is 5.79. The van der Waals surface area contributed by atoms with Crippen LogP contribution in [0, 0.1) is 5.92 Å². The molecular weight excluding hydrogens is 381 g/mol. The van der Waals surface area contributed by atoms with Gasteiger partial charge in [-0.15, -0.1) is 0 Å². The zero-order chi connectivity index (χ0) is 20.7. The second-order valence-corrected chi connectivity index (χ2v) is 6.34. The zero-order valence-corrected chi connectivity index (χ0v) is 15.7. The molecule has 10 heteroatoms. The zero-order valence-electron chi connectivity index (χ0n) is 15.7. The van der Waals surface area contributed by atoms with Crippen molar-refractivity contribution in [2.24, 2.45) is 5.92 Å². The summed E-state index contributed by atoms with van der Waals surface area (Å²) in [6.07, 6.45) is -4.85. The summed E-state index contributed by atoms with van der Waals surface area (Å²) >= 11 is 0. The fourth-order valence-electron chi connectivity index (χ4n) is 2.88. The SMILES string of the molecule is COc1ccc(CNC(=O)C2CCN(C(=O)OCC(F)(F)F)CC2)cc1OC. The molecule has 0 unspecified atom stereocenters. The number of halogens is 3. The summed E-state index contributed by atoms with van der Waals surface area (Å²) in [5.74, 6) is 0.659. The first kappa shape index (κ1) is 21.6. The Labute approximate surface area is 160 Å². The average Bonchev–Trinajstić information content (AvgIpc) is 2.69. The maximum atomic E-state index is 12.3. The first-order chi connectivity index (χ1) is 13.2.